The molecule has 0 aliphatic rings. The summed E-state index contributed by atoms with van der Waals surface area (Å²) in [6, 6.07) is 24.8. The van der Waals surface area contributed by atoms with Crippen LogP contribution in [0.25, 0.3) is 0 Å². The van der Waals surface area contributed by atoms with Crippen molar-refractivity contribution in [1.29, 1.82) is 0 Å². The molecule has 0 fully saturated rings. The van der Waals surface area contributed by atoms with Crippen molar-refractivity contribution < 1.29 is 9.53 Å². The van der Waals surface area contributed by atoms with Gasteiger partial charge in [-0.1, -0.05) is 18.2 Å². The van der Waals surface area contributed by atoms with Crippen molar-refractivity contribution in [3.05, 3.63) is 85.5 Å². The van der Waals surface area contributed by atoms with Gasteiger partial charge in [0.25, 0.3) is 0 Å². The van der Waals surface area contributed by atoms with E-state index < -0.39 is 0 Å². The Hall–Kier alpha value is -1.06. The third-order valence-electron chi connectivity index (χ3n) is 3.62. The second-order valence-corrected chi connectivity index (χ2v) is 9.56. The van der Waals surface area contributed by atoms with E-state index in [-0.39, 0.29) is 16.9 Å². The first-order chi connectivity index (χ1) is 12.1. The lowest BCUT2D eigenvalue weighted by atomic mass is 10.2. The van der Waals surface area contributed by atoms with Gasteiger partial charge in [-0.3, -0.25) is 0 Å². The normalized spacial score (nSPS) is 11.8. The summed E-state index contributed by atoms with van der Waals surface area (Å²) < 4.78 is 7.29. The Kier molecular flexibility index (Phi) is 6.40. The molecule has 0 aliphatic carbocycles. The lowest BCUT2D eigenvalue weighted by Gasteiger charge is -2.09. The maximum atomic E-state index is 11.7. The van der Waals surface area contributed by atoms with Gasteiger partial charge in [0.1, 0.15) is 0 Å². The predicted octanol–water partition coefficient (Wildman–Crippen LogP) is 5.78. The fourth-order valence-electron chi connectivity index (χ4n) is 2.41. The van der Waals surface area contributed by atoms with Crippen molar-refractivity contribution in [2.24, 2.45) is 0 Å². The zero-order valence-electron chi connectivity index (χ0n) is 13.4. The number of hydrogen-bond acceptors (Lipinski definition) is 2. The Labute approximate surface area is 177 Å². The number of halogens is 2. The molecule has 3 rings (SSSR count). The van der Waals surface area contributed by atoms with Crippen LogP contribution in [0.3, 0.4) is 0 Å². The van der Waals surface area contributed by atoms with Crippen LogP contribution in [0.15, 0.2) is 87.5 Å². The van der Waals surface area contributed by atoms with E-state index in [1.807, 2.05) is 30.3 Å². The quantitative estimate of drug-likeness (QED) is 0.225. The van der Waals surface area contributed by atoms with Crippen molar-refractivity contribution in [2.45, 2.75) is 14.7 Å². The van der Waals surface area contributed by atoms with Gasteiger partial charge < -0.3 is 4.74 Å². The van der Waals surface area contributed by atoms with Gasteiger partial charge in [-0.15, -0.1) is 0 Å². The molecule has 2 nitrogen and oxygen atoms in total. The van der Waals surface area contributed by atoms with E-state index in [1.165, 1.54) is 28.9 Å². The number of carbonyl (C=O) groups excluding carboxylic acids is 1. The summed E-state index contributed by atoms with van der Waals surface area (Å²) in [6.07, 6.45) is 0. The fourth-order valence-corrected chi connectivity index (χ4v) is 5.57. The van der Waals surface area contributed by atoms with Gasteiger partial charge in [0.05, 0.1) is 23.6 Å². The van der Waals surface area contributed by atoms with E-state index in [2.05, 4.69) is 87.6 Å². The van der Waals surface area contributed by atoms with E-state index in [1.54, 1.807) is 0 Å². The summed E-state index contributed by atoms with van der Waals surface area (Å²) >= 11 is 4.73. The maximum absolute atomic E-state index is 11.7. The lowest BCUT2D eigenvalue weighted by Crippen LogP contribution is -2.07. The topological polar surface area (TPSA) is 26.3 Å². The van der Waals surface area contributed by atoms with Crippen molar-refractivity contribution in [2.75, 3.05) is 7.11 Å². The molecule has 1 atom stereocenters. The molecular weight excluding hydrogens is 558 g/mol. The lowest BCUT2D eigenvalue weighted by molar-refractivity contribution is 0.0600. The molecule has 0 N–H and O–H groups in total. The van der Waals surface area contributed by atoms with Gasteiger partial charge in [-0.25, -0.2) is 4.79 Å². The Morgan fingerprint density at radius 1 is 0.800 bits per heavy atom. The van der Waals surface area contributed by atoms with Crippen LogP contribution in [0.4, 0.5) is 0 Å². The Morgan fingerprint density at radius 3 is 2.00 bits per heavy atom. The molecule has 126 valence electrons. The van der Waals surface area contributed by atoms with E-state index in [9.17, 15) is 4.79 Å². The van der Waals surface area contributed by atoms with Crippen LogP contribution in [0.5, 0.6) is 0 Å². The molecule has 0 amide bonds. The highest BCUT2D eigenvalue weighted by atomic mass is 127. The molecule has 0 heterocycles. The Morgan fingerprint density at radius 2 is 1.40 bits per heavy atom. The fraction of sp³-hybridized carbons (Fsp3) is 0.0500. The van der Waals surface area contributed by atoms with Crippen LogP contribution >= 0.6 is 45.2 Å². The minimum Gasteiger partial charge on any atom is -0.465 e. The molecule has 3 aromatic carbocycles. The van der Waals surface area contributed by atoms with Crippen LogP contribution in [-0.2, 0) is 15.6 Å². The molecule has 0 aromatic heterocycles. The number of benzene rings is 3. The second kappa shape index (κ2) is 8.55. The van der Waals surface area contributed by atoms with Crippen LogP contribution in [0, 0.1) is 7.14 Å². The number of esters is 1. The molecule has 25 heavy (non-hydrogen) atoms. The second-order valence-electron chi connectivity index (χ2n) is 5.21. The highest BCUT2D eigenvalue weighted by Gasteiger charge is 2.29. The molecule has 5 heteroatoms. The third kappa shape index (κ3) is 4.38. The number of methoxy groups -OCH3 is 1. The summed E-state index contributed by atoms with van der Waals surface area (Å²) in [5.74, 6) is -0.310. The van der Waals surface area contributed by atoms with Gasteiger partial charge >= 0.3 is 5.97 Å². The summed E-state index contributed by atoms with van der Waals surface area (Å²) in [5.41, 5.74) is 0.569. The molecule has 0 saturated heterocycles. The van der Waals surface area contributed by atoms with Crippen molar-refractivity contribution >= 4 is 62.0 Å². The molecule has 0 bridgehead atoms. The molecular formula is C20H15I2O2S+. The molecule has 0 aliphatic heterocycles. The van der Waals surface area contributed by atoms with Gasteiger partial charge in [0, 0.05) is 13.2 Å². The number of hydrogen-bond donors (Lipinski definition) is 0. The van der Waals surface area contributed by atoms with Crippen molar-refractivity contribution in [1.82, 2.24) is 0 Å². The van der Waals surface area contributed by atoms with E-state index in [4.69, 9.17) is 4.74 Å². The summed E-state index contributed by atoms with van der Waals surface area (Å²) in [5, 5.41) is 0. The van der Waals surface area contributed by atoms with Crippen molar-refractivity contribution in [3.63, 3.8) is 0 Å². The zero-order chi connectivity index (χ0) is 17.8. The Balaban J connectivity index is 2.08. The van der Waals surface area contributed by atoms with Gasteiger partial charge in [0.15, 0.2) is 14.7 Å². The minimum absolute atomic E-state index is 0.217. The SMILES string of the molecule is COC(=O)c1ccc([S+](c2ccccc2)c2ccc(I)c(I)c2)cc1. The van der Waals surface area contributed by atoms with Gasteiger partial charge in [-0.2, -0.15) is 0 Å². The first kappa shape index (κ1) is 18.7. The van der Waals surface area contributed by atoms with Crippen LogP contribution in [0.2, 0.25) is 0 Å². The van der Waals surface area contributed by atoms with Crippen LogP contribution in [-0.4, -0.2) is 13.1 Å². The largest absolute Gasteiger partial charge is 0.465 e. The highest BCUT2D eigenvalue weighted by Crippen LogP contribution is 2.33. The Bertz CT molecular complexity index is 880. The van der Waals surface area contributed by atoms with Crippen molar-refractivity contribution in [3.8, 4) is 0 Å². The molecule has 3 aromatic rings. The molecule has 0 spiro atoms. The average molecular weight is 573 g/mol. The smallest absolute Gasteiger partial charge is 0.337 e. The first-order valence-electron chi connectivity index (χ1n) is 7.53. The average Bonchev–Trinajstić information content (AvgIpc) is 2.65. The monoisotopic (exact) mass is 573 g/mol. The summed E-state index contributed by atoms with van der Waals surface area (Å²) in [4.78, 5) is 15.4. The summed E-state index contributed by atoms with van der Waals surface area (Å²) in [7, 11) is 1.18. The number of rotatable bonds is 4. The van der Waals surface area contributed by atoms with Crippen LogP contribution in [0.1, 0.15) is 10.4 Å². The van der Waals surface area contributed by atoms with E-state index in [0.29, 0.717) is 5.56 Å². The first-order valence-corrected chi connectivity index (χ1v) is 10.9. The molecule has 0 radical (unpaired) electrons. The molecule has 1 unspecified atom stereocenters. The summed E-state index contributed by atoms with van der Waals surface area (Å²) in [6.45, 7) is 0. The highest BCUT2D eigenvalue weighted by molar-refractivity contribution is 14.1. The molecule has 0 saturated carbocycles. The van der Waals surface area contributed by atoms with Gasteiger partial charge in [0.2, 0.25) is 0 Å². The van der Waals surface area contributed by atoms with E-state index in [0.717, 1.165) is 0 Å². The third-order valence-corrected chi connectivity index (χ3v) is 8.69. The van der Waals surface area contributed by atoms with Gasteiger partial charge in [-0.05, 0) is 93.7 Å². The number of ether oxygens (including phenoxy) is 1. The van der Waals surface area contributed by atoms with E-state index >= 15 is 0 Å². The minimum atomic E-state index is -0.310. The standard InChI is InChI=1S/C20H15I2O2S/c1-24-20(23)14-7-9-16(10-8-14)25(15-5-3-2-4-6-15)17-11-12-18(21)19(22)13-17/h2-13H,1H3/q+1. The number of carbonyl (C=O) groups is 1. The van der Waals surface area contributed by atoms with Crippen LogP contribution < -0.4 is 0 Å². The maximum Gasteiger partial charge on any atom is 0.337 e. The zero-order valence-corrected chi connectivity index (χ0v) is 18.5. The predicted molar refractivity (Wildman–Crippen MR) is 118 cm³/mol.